The van der Waals surface area contributed by atoms with Crippen LogP contribution in [0.3, 0.4) is 0 Å². The van der Waals surface area contributed by atoms with Gasteiger partial charge in [0.1, 0.15) is 6.29 Å². The van der Waals surface area contributed by atoms with Gasteiger partial charge in [-0.2, -0.15) is 0 Å². The number of hydrogen-bond acceptors (Lipinski definition) is 4. The van der Waals surface area contributed by atoms with Gasteiger partial charge in [0.2, 0.25) is 0 Å². The van der Waals surface area contributed by atoms with Crippen LogP contribution in [0.2, 0.25) is 0 Å². The van der Waals surface area contributed by atoms with Crippen LogP contribution in [0, 0.1) is 0 Å². The summed E-state index contributed by atoms with van der Waals surface area (Å²) >= 11 is 0. The molecule has 80 valence electrons. The fraction of sp³-hybridized carbons (Fsp3) is 0.273. The van der Waals surface area contributed by atoms with Gasteiger partial charge in [0.05, 0.1) is 7.11 Å². The van der Waals surface area contributed by atoms with E-state index in [-0.39, 0.29) is 5.97 Å². The summed E-state index contributed by atoms with van der Waals surface area (Å²) in [7, 11) is 1.45. The number of aldehydes is 1. The quantitative estimate of drug-likeness (QED) is 0.430. The van der Waals surface area contributed by atoms with E-state index in [2.05, 4.69) is 0 Å². The predicted molar refractivity (Wildman–Crippen MR) is 54.3 cm³/mol. The number of ether oxygens (including phenoxy) is 2. The van der Waals surface area contributed by atoms with Crippen molar-refractivity contribution in [3.05, 3.63) is 23.8 Å². The lowest BCUT2D eigenvalue weighted by molar-refractivity contribution is -0.134. The van der Waals surface area contributed by atoms with Gasteiger partial charge in [-0.1, -0.05) is 6.92 Å². The topological polar surface area (TPSA) is 52.6 Å². The summed E-state index contributed by atoms with van der Waals surface area (Å²) in [6, 6.07) is 4.62. The zero-order chi connectivity index (χ0) is 11.3. The maximum Gasteiger partial charge on any atom is 0.311 e. The van der Waals surface area contributed by atoms with Crippen molar-refractivity contribution in [1.82, 2.24) is 0 Å². The van der Waals surface area contributed by atoms with Crippen LogP contribution in [-0.4, -0.2) is 19.4 Å². The lowest BCUT2D eigenvalue weighted by atomic mass is 10.2. The molecule has 1 rings (SSSR count). The number of carbonyl (C=O) groups excluding carboxylic acids is 2. The Balaban J connectivity index is 2.97. The molecule has 15 heavy (non-hydrogen) atoms. The van der Waals surface area contributed by atoms with Crippen molar-refractivity contribution in [2.45, 2.75) is 13.3 Å². The van der Waals surface area contributed by atoms with Crippen LogP contribution in [-0.2, 0) is 4.79 Å². The van der Waals surface area contributed by atoms with Gasteiger partial charge in [0.15, 0.2) is 11.5 Å². The molecule has 1 aromatic rings. The van der Waals surface area contributed by atoms with E-state index >= 15 is 0 Å². The summed E-state index contributed by atoms with van der Waals surface area (Å²) < 4.78 is 10.0. The van der Waals surface area contributed by atoms with Crippen molar-refractivity contribution < 1.29 is 19.1 Å². The molecule has 0 aliphatic rings. The van der Waals surface area contributed by atoms with Gasteiger partial charge in [0, 0.05) is 12.0 Å². The van der Waals surface area contributed by atoms with Crippen molar-refractivity contribution in [1.29, 1.82) is 0 Å². The monoisotopic (exact) mass is 208 g/mol. The molecule has 0 unspecified atom stereocenters. The molecule has 0 radical (unpaired) electrons. The second-order valence-corrected chi connectivity index (χ2v) is 2.86. The zero-order valence-electron chi connectivity index (χ0n) is 8.65. The molecule has 0 spiro atoms. The van der Waals surface area contributed by atoms with E-state index in [9.17, 15) is 9.59 Å². The summed E-state index contributed by atoms with van der Waals surface area (Å²) in [6.07, 6.45) is 0.993. The number of esters is 1. The highest BCUT2D eigenvalue weighted by molar-refractivity contribution is 5.78. The number of hydrogen-bond donors (Lipinski definition) is 0. The Hall–Kier alpha value is -1.84. The van der Waals surface area contributed by atoms with Crippen molar-refractivity contribution >= 4 is 12.3 Å². The molecule has 0 amide bonds. The van der Waals surface area contributed by atoms with Crippen molar-refractivity contribution in [2.75, 3.05) is 7.11 Å². The molecule has 0 aliphatic heterocycles. The van der Waals surface area contributed by atoms with Crippen molar-refractivity contribution in [2.24, 2.45) is 0 Å². The highest BCUT2D eigenvalue weighted by Crippen LogP contribution is 2.27. The fourth-order valence-corrected chi connectivity index (χ4v) is 1.04. The second kappa shape index (κ2) is 5.14. The summed E-state index contributed by atoms with van der Waals surface area (Å²) in [5.41, 5.74) is 0.475. The second-order valence-electron chi connectivity index (χ2n) is 2.86. The van der Waals surface area contributed by atoms with Crippen molar-refractivity contribution in [3.8, 4) is 11.5 Å². The van der Waals surface area contributed by atoms with Gasteiger partial charge in [-0.05, 0) is 18.2 Å². The number of carbonyl (C=O) groups is 2. The van der Waals surface area contributed by atoms with Gasteiger partial charge >= 0.3 is 5.97 Å². The molecule has 1 aromatic carbocycles. The lowest BCUT2D eigenvalue weighted by Crippen LogP contribution is -2.06. The third-order valence-electron chi connectivity index (χ3n) is 1.84. The Kier molecular flexibility index (Phi) is 3.85. The third kappa shape index (κ3) is 2.80. The van der Waals surface area contributed by atoms with E-state index in [0.29, 0.717) is 29.8 Å². The standard InChI is InChI=1S/C11H12O4/c1-3-11(13)15-9-5-4-8(7-12)6-10(9)14-2/h4-7H,3H2,1-2H3. The smallest absolute Gasteiger partial charge is 0.311 e. The van der Waals surface area contributed by atoms with Crippen LogP contribution in [0.15, 0.2) is 18.2 Å². The number of methoxy groups -OCH3 is 1. The van der Waals surface area contributed by atoms with Crippen LogP contribution >= 0.6 is 0 Å². The van der Waals surface area contributed by atoms with Crippen LogP contribution in [0.1, 0.15) is 23.7 Å². The Bertz CT molecular complexity index is 371. The molecular formula is C11H12O4. The molecule has 0 saturated heterocycles. The highest BCUT2D eigenvalue weighted by atomic mass is 16.6. The minimum atomic E-state index is -0.341. The summed E-state index contributed by atoms with van der Waals surface area (Å²) in [5, 5.41) is 0. The van der Waals surface area contributed by atoms with E-state index < -0.39 is 0 Å². The van der Waals surface area contributed by atoms with Crippen LogP contribution < -0.4 is 9.47 Å². The van der Waals surface area contributed by atoms with E-state index in [4.69, 9.17) is 9.47 Å². The molecule has 0 bridgehead atoms. The Morgan fingerprint density at radius 3 is 2.67 bits per heavy atom. The van der Waals surface area contributed by atoms with Gasteiger partial charge < -0.3 is 9.47 Å². The van der Waals surface area contributed by atoms with Gasteiger partial charge in [-0.25, -0.2) is 0 Å². The van der Waals surface area contributed by atoms with Gasteiger partial charge in [-0.3, -0.25) is 9.59 Å². The molecule has 0 atom stereocenters. The minimum absolute atomic E-state index is 0.290. The first-order valence-electron chi connectivity index (χ1n) is 4.55. The summed E-state index contributed by atoms with van der Waals surface area (Å²) in [4.78, 5) is 21.6. The number of benzene rings is 1. The molecule has 4 nitrogen and oxygen atoms in total. The summed E-state index contributed by atoms with van der Waals surface area (Å²) in [5.74, 6) is 0.364. The zero-order valence-corrected chi connectivity index (χ0v) is 8.65. The fourth-order valence-electron chi connectivity index (χ4n) is 1.04. The van der Waals surface area contributed by atoms with E-state index in [1.165, 1.54) is 19.2 Å². The first kappa shape index (κ1) is 11.2. The van der Waals surface area contributed by atoms with Crippen LogP contribution in [0.5, 0.6) is 11.5 Å². The maximum atomic E-state index is 11.1. The molecular weight excluding hydrogens is 196 g/mol. The largest absolute Gasteiger partial charge is 0.493 e. The minimum Gasteiger partial charge on any atom is -0.493 e. The van der Waals surface area contributed by atoms with E-state index in [1.54, 1.807) is 13.0 Å². The SMILES string of the molecule is CCC(=O)Oc1ccc(C=O)cc1OC. The van der Waals surface area contributed by atoms with Gasteiger partial charge in [-0.15, -0.1) is 0 Å². The lowest BCUT2D eigenvalue weighted by Gasteiger charge is -2.08. The Morgan fingerprint density at radius 2 is 2.13 bits per heavy atom. The normalized spacial score (nSPS) is 9.47. The van der Waals surface area contributed by atoms with Gasteiger partial charge in [0.25, 0.3) is 0 Å². The molecule has 0 fully saturated rings. The molecule has 4 heteroatoms. The third-order valence-corrected chi connectivity index (χ3v) is 1.84. The van der Waals surface area contributed by atoms with Crippen LogP contribution in [0.25, 0.3) is 0 Å². The predicted octanol–water partition coefficient (Wildman–Crippen LogP) is 1.82. The molecule has 0 N–H and O–H groups in total. The first-order valence-corrected chi connectivity index (χ1v) is 4.55. The molecule has 0 heterocycles. The van der Waals surface area contributed by atoms with E-state index in [0.717, 1.165) is 0 Å². The molecule has 0 aliphatic carbocycles. The number of rotatable bonds is 4. The average molecular weight is 208 g/mol. The Labute approximate surface area is 87.8 Å². The maximum absolute atomic E-state index is 11.1. The first-order chi connectivity index (χ1) is 7.21. The molecule has 0 aromatic heterocycles. The highest BCUT2D eigenvalue weighted by Gasteiger charge is 2.08. The van der Waals surface area contributed by atoms with Crippen molar-refractivity contribution in [3.63, 3.8) is 0 Å². The average Bonchev–Trinajstić information content (AvgIpc) is 2.29. The van der Waals surface area contributed by atoms with E-state index in [1.807, 2.05) is 0 Å². The summed E-state index contributed by atoms with van der Waals surface area (Å²) in [6.45, 7) is 1.70. The van der Waals surface area contributed by atoms with Crippen LogP contribution in [0.4, 0.5) is 0 Å². The molecule has 0 saturated carbocycles. The Morgan fingerprint density at radius 1 is 1.40 bits per heavy atom.